The van der Waals surface area contributed by atoms with E-state index in [0.29, 0.717) is 0 Å². The van der Waals surface area contributed by atoms with Crippen molar-refractivity contribution in [2.24, 2.45) is 5.73 Å². The molecule has 2 rings (SSSR count). The Kier molecular flexibility index (Phi) is 4.35. The van der Waals surface area contributed by atoms with E-state index in [-0.39, 0.29) is 11.6 Å². The van der Waals surface area contributed by atoms with E-state index in [1.165, 1.54) is 19.3 Å². The van der Waals surface area contributed by atoms with Crippen LogP contribution in [-0.2, 0) is 0 Å². The summed E-state index contributed by atoms with van der Waals surface area (Å²) in [5.74, 6) is 1.71. The van der Waals surface area contributed by atoms with Crippen LogP contribution in [0.2, 0.25) is 0 Å². The van der Waals surface area contributed by atoms with Gasteiger partial charge >= 0.3 is 0 Å². The minimum Gasteiger partial charge on any atom is -0.497 e. The van der Waals surface area contributed by atoms with Gasteiger partial charge in [-0.25, -0.2) is 0 Å². The predicted octanol–water partition coefficient (Wildman–Crippen LogP) is 3.82. The molecule has 0 fully saturated rings. The van der Waals surface area contributed by atoms with Crippen molar-refractivity contribution in [1.82, 2.24) is 0 Å². The van der Waals surface area contributed by atoms with Crippen molar-refractivity contribution in [3.63, 3.8) is 0 Å². The quantitative estimate of drug-likeness (QED) is 0.821. The first-order valence-corrected chi connectivity index (χ1v) is 7.20. The summed E-state index contributed by atoms with van der Waals surface area (Å²) in [5, 5.41) is 0. The number of hydrogen-bond acceptors (Lipinski definition) is 3. The van der Waals surface area contributed by atoms with Gasteiger partial charge in [0.1, 0.15) is 17.1 Å². The monoisotopic (exact) mass is 263 g/mol. The largest absolute Gasteiger partial charge is 0.497 e. The lowest BCUT2D eigenvalue weighted by molar-refractivity contribution is 0.0428. The van der Waals surface area contributed by atoms with Crippen molar-refractivity contribution in [2.45, 2.75) is 57.6 Å². The van der Waals surface area contributed by atoms with Gasteiger partial charge < -0.3 is 15.2 Å². The molecule has 2 N–H and O–H groups in total. The molecule has 106 valence electrons. The predicted molar refractivity (Wildman–Crippen MR) is 77.7 cm³/mol. The van der Waals surface area contributed by atoms with Gasteiger partial charge in [0.2, 0.25) is 0 Å². The van der Waals surface area contributed by atoms with Crippen LogP contribution in [0, 0.1) is 0 Å². The molecule has 0 radical (unpaired) electrons. The lowest BCUT2D eigenvalue weighted by atomic mass is 9.85. The molecule has 0 aliphatic carbocycles. The fraction of sp³-hybridized carbons (Fsp3) is 0.625. The van der Waals surface area contributed by atoms with Crippen molar-refractivity contribution in [3.05, 3.63) is 23.8 Å². The molecule has 2 atom stereocenters. The van der Waals surface area contributed by atoms with Crippen LogP contribution in [-0.4, -0.2) is 12.7 Å². The van der Waals surface area contributed by atoms with Gasteiger partial charge in [-0.3, -0.25) is 0 Å². The Balaban J connectivity index is 2.16. The Hall–Kier alpha value is -1.22. The number of unbranched alkanes of at least 4 members (excludes halogenated alkanes) is 2. The SMILES string of the molecule is CCCCCC1(C)C[C@@H](N)c2ccc(OC)cc2O1. The van der Waals surface area contributed by atoms with E-state index in [0.717, 1.165) is 29.9 Å². The Labute approximate surface area is 116 Å². The molecular formula is C16H25NO2. The lowest BCUT2D eigenvalue weighted by Crippen LogP contribution is -2.40. The Morgan fingerprint density at radius 2 is 2.21 bits per heavy atom. The van der Waals surface area contributed by atoms with Crippen molar-refractivity contribution in [3.8, 4) is 11.5 Å². The molecule has 1 aromatic carbocycles. The first-order chi connectivity index (χ1) is 9.08. The highest BCUT2D eigenvalue weighted by molar-refractivity contribution is 5.44. The van der Waals surface area contributed by atoms with E-state index in [9.17, 15) is 0 Å². The first-order valence-electron chi connectivity index (χ1n) is 7.20. The van der Waals surface area contributed by atoms with Crippen LogP contribution in [0.3, 0.4) is 0 Å². The maximum Gasteiger partial charge on any atom is 0.128 e. The van der Waals surface area contributed by atoms with Crippen LogP contribution in [0.15, 0.2) is 18.2 Å². The molecule has 3 heteroatoms. The summed E-state index contributed by atoms with van der Waals surface area (Å²) in [5.41, 5.74) is 7.24. The Morgan fingerprint density at radius 1 is 1.42 bits per heavy atom. The van der Waals surface area contributed by atoms with Gasteiger partial charge in [0, 0.05) is 24.1 Å². The highest BCUT2D eigenvalue weighted by atomic mass is 16.5. The average Bonchev–Trinajstić information content (AvgIpc) is 2.38. The zero-order chi connectivity index (χ0) is 13.9. The lowest BCUT2D eigenvalue weighted by Gasteiger charge is -2.39. The smallest absolute Gasteiger partial charge is 0.128 e. The zero-order valence-corrected chi connectivity index (χ0v) is 12.2. The Morgan fingerprint density at radius 3 is 2.89 bits per heavy atom. The summed E-state index contributed by atoms with van der Waals surface area (Å²) in [6.07, 6.45) is 5.62. The summed E-state index contributed by atoms with van der Waals surface area (Å²) in [7, 11) is 1.67. The third-order valence-electron chi connectivity index (χ3n) is 3.94. The molecule has 1 aromatic rings. The molecule has 0 saturated carbocycles. The fourth-order valence-corrected chi connectivity index (χ4v) is 2.82. The van der Waals surface area contributed by atoms with Crippen LogP contribution < -0.4 is 15.2 Å². The van der Waals surface area contributed by atoms with Crippen LogP contribution in [0.25, 0.3) is 0 Å². The van der Waals surface area contributed by atoms with Gasteiger partial charge in [-0.2, -0.15) is 0 Å². The molecular weight excluding hydrogens is 238 g/mol. The molecule has 0 spiro atoms. The minimum atomic E-state index is -0.145. The van der Waals surface area contributed by atoms with Crippen LogP contribution in [0.1, 0.15) is 57.6 Å². The summed E-state index contributed by atoms with van der Waals surface area (Å²) in [6.45, 7) is 4.39. The van der Waals surface area contributed by atoms with E-state index < -0.39 is 0 Å². The van der Waals surface area contributed by atoms with Crippen molar-refractivity contribution in [1.29, 1.82) is 0 Å². The number of ether oxygens (including phenoxy) is 2. The third kappa shape index (κ3) is 3.21. The first kappa shape index (κ1) is 14.2. The maximum absolute atomic E-state index is 6.30. The van der Waals surface area contributed by atoms with Gasteiger partial charge in [-0.1, -0.05) is 25.8 Å². The van der Waals surface area contributed by atoms with E-state index >= 15 is 0 Å². The van der Waals surface area contributed by atoms with Crippen molar-refractivity contribution < 1.29 is 9.47 Å². The molecule has 0 amide bonds. The second-order valence-corrected chi connectivity index (χ2v) is 5.72. The zero-order valence-electron chi connectivity index (χ0n) is 12.2. The minimum absolute atomic E-state index is 0.0567. The van der Waals surface area contributed by atoms with Crippen LogP contribution in [0.4, 0.5) is 0 Å². The molecule has 1 unspecified atom stereocenters. The number of hydrogen-bond donors (Lipinski definition) is 1. The van der Waals surface area contributed by atoms with Crippen molar-refractivity contribution in [2.75, 3.05) is 7.11 Å². The third-order valence-corrected chi connectivity index (χ3v) is 3.94. The fourth-order valence-electron chi connectivity index (χ4n) is 2.82. The van der Waals surface area contributed by atoms with Crippen LogP contribution in [0.5, 0.6) is 11.5 Å². The standard InChI is InChI=1S/C16H25NO2/c1-4-5-6-9-16(2)11-14(17)13-8-7-12(18-3)10-15(13)19-16/h7-8,10,14H,4-6,9,11,17H2,1-3H3/t14-,16?/m1/s1. The van der Waals surface area contributed by atoms with Gasteiger partial charge in [0.15, 0.2) is 0 Å². The number of benzene rings is 1. The molecule has 1 aliphatic rings. The molecule has 0 aromatic heterocycles. The van der Waals surface area contributed by atoms with E-state index in [4.69, 9.17) is 15.2 Å². The second kappa shape index (κ2) is 5.83. The molecule has 3 nitrogen and oxygen atoms in total. The molecule has 19 heavy (non-hydrogen) atoms. The van der Waals surface area contributed by atoms with E-state index in [1.54, 1.807) is 7.11 Å². The molecule has 0 saturated heterocycles. The normalized spacial score (nSPS) is 25.6. The molecule has 1 heterocycles. The number of fused-ring (bicyclic) bond motifs is 1. The van der Waals surface area contributed by atoms with Gasteiger partial charge in [-0.05, 0) is 25.8 Å². The average molecular weight is 263 g/mol. The molecule has 1 aliphatic heterocycles. The Bertz CT molecular complexity index is 433. The summed E-state index contributed by atoms with van der Waals surface area (Å²) >= 11 is 0. The van der Waals surface area contributed by atoms with Gasteiger partial charge in [0.25, 0.3) is 0 Å². The molecule has 0 bridgehead atoms. The van der Waals surface area contributed by atoms with Gasteiger partial charge in [-0.15, -0.1) is 0 Å². The van der Waals surface area contributed by atoms with Crippen molar-refractivity contribution >= 4 is 0 Å². The summed E-state index contributed by atoms with van der Waals surface area (Å²) < 4.78 is 11.5. The number of methoxy groups -OCH3 is 1. The topological polar surface area (TPSA) is 44.5 Å². The highest BCUT2D eigenvalue weighted by Gasteiger charge is 2.35. The van der Waals surface area contributed by atoms with Gasteiger partial charge in [0.05, 0.1) is 7.11 Å². The summed E-state index contributed by atoms with van der Waals surface area (Å²) in [4.78, 5) is 0. The second-order valence-electron chi connectivity index (χ2n) is 5.72. The highest BCUT2D eigenvalue weighted by Crippen LogP contribution is 2.42. The van der Waals surface area contributed by atoms with E-state index in [2.05, 4.69) is 13.8 Å². The summed E-state index contributed by atoms with van der Waals surface area (Å²) in [6, 6.07) is 5.97. The van der Waals surface area contributed by atoms with E-state index in [1.807, 2.05) is 18.2 Å². The maximum atomic E-state index is 6.30. The number of rotatable bonds is 5. The number of nitrogens with two attached hydrogens (primary N) is 1. The van der Waals surface area contributed by atoms with Crippen LogP contribution >= 0.6 is 0 Å².